The van der Waals surface area contributed by atoms with Gasteiger partial charge in [-0.2, -0.15) is 0 Å². The van der Waals surface area contributed by atoms with Gasteiger partial charge in [-0.15, -0.1) is 0 Å². The van der Waals surface area contributed by atoms with Gasteiger partial charge < -0.3 is 20.1 Å². The lowest BCUT2D eigenvalue weighted by molar-refractivity contribution is 0.558. The standard InChI is InChI=1S/C9H9NO3Si/c10-8-2-1-3-9(4-8)14(5-11,6-12)7-13/h1-7H,10H2. The first-order chi connectivity index (χ1) is 6.68. The van der Waals surface area contributed by atoms with Crippen molar-refractivity contribution in [3.05, 3.63) is 24.3 Å². The summed E-state index contributed by atoms with van der Waals surface area (Å²) in [7, 11) is -3.25. The topological polar surface area (TPSA) is 77.2 Å². The average molecular weight is 207 g/mol. The Labute approximate surface area is 81.7 Å². The van der Waals surface area contributed by atoms with Crippen LogP contribution in [0, 0.1) is 0 Å². The third-order valence-corrected chi connectivity index (χ3v) is 4.45. The van der Waals surface area contributed by atoms with E-state index in [9.17, 15) is 14.4 Å². The molecule has 0 aliphatic carbocycles. The molecule has 1 rings (SSSR count). The molecule has 0 heterocycles. The molecule has 1 aromatic rings. The zero-order valence-electron chi connectivity index (χ0n) is 7.34. The van der Waals surface area contributed by atoms with Gasteiger partial charge in [0.1, 0.15) is 17.7 Å². The van der Waals surface area contributed by atoms with Gasteiger partial charge in [0.2, 0.25) is 0 Å². The van der Waals surface area contributed by atoms with E-state index in [-0.39, 0.29) is 0 Å². The third-order valence-electron chi connectivity index (χ3n) is 1.97. The van der Waals surface area contributed by atoms with E-state index in [4.69, 9.17) is 5.73 Å². The highest BCUT2D eigenvalue weighted by molar-refractivity contribution is 7.39. The van der Waals surface area contributed by atoms with Gasteiger partial charge in [-0.1, -0.05) is 12.1 Å². The molecule has 0 unspecified atom stereocenters. The summed E-state index contributed by atoms with van der Waals surface area (Å²) in [5.41, 5.74) is 5.93. The van der Waals surface area contributed by atoms with E-state index in [0.29, 0.717) is 28.6 Å². The molecule has 0 spiro atoms. The predicted octanol–water partition coefficient (Wildman–Crippen LogP) is -0.760. The van der Waals surface area contributed by atoms with E-state index < -0.39 is 8.07 Å². The maximum Gasteiger partial charge on any atom is 0.296 e. The van der Waals surface area contributed by atoms with Crippen LogP contribution in [0.25, 0.3) is 0 Å². The quantitative estimate of drug-likeness (QED) is 0.400. The van der Waals surface area contributed by atoms with Crippen LogP contribution in [0.5, 0.6) is 0 Å². The fourth-order valence-electron chi connectivity index (χ4n) is 1.10. The average Bonchev–Trinajstić information content (AvgIpc) is 2.22. The number of benzene rings is 1. The van der Waals surface area contributed by atoms with Crippen LogP contribution in [0.2, 0.25) is 0 Å². The van der Waals surface area contributed by atoms with Crippen molar-refractivity contribution in [2.24, 2.45) is 0 Å². The summed E-state index contributed by atoms with van der Waals surface area (Å²) in [5.74, 6) is 1.34. The Balaban J connectivity index is 3.30. The predicted molar refractivity (Wildman–Crippen MR) is 56.5 cm³/mol. The van der Waals surface area contributed by atoms with Crippen molar-refractivity contribution in [3.63, 3.8) is 0 Å². The zero-order chi connectivity index (χ0) is 10.6. The molecule has 0 bridgehead atoms. The highest BCUT2D eigenvalue weighted by Crippen LogP contribution is 2.01. The molecule has 0 saturated heterocycles. The summed E-state index contributed by atoms with van der Waals surface area (Å²) >= 11 is 0. The normalized spacial score (nSPS) is 10.6. The molecule has 0 atom stereocenters. The number of rotatable bonds is 4. The van der Waals surface area contributed by atoms with Gasteiger partial charge in [-0.05, 0) is 17.3 Å². The fourth-order valence-corrected chi connectivity index (χ4v) is 2.47. The number of anilines is 1. The van der Waals surface area contributed by atoms with Crippen molar-refractivity contribution >= 4 is 36.7 Å². The molecule has 0 fully saturated rings. The Morgan fingerprint density at radius 3 is 2.07 bits per heavy atom. The first-order valence-electron chi connectivity index (χ1n) is 3.93. The van der Waals surface area contributed by atoms with Gasteiger partial charge in [0.05, 0.1) is 0 Å². The van der Waals surface area contributed by atoms with Crippen molar-refractivity contribution in [1.29, 1.82) is 0 Å². The second-order valence-corrected chi connectivity index (χ2v) is 6.06. The van der Waals surface area contributed by atoms with Gasteiger partial charge in [-0.25, -0.2) is 0 Å². The lowest BCUT2D eigenvalue weighted by atomic mass is 10.3. The maximum atomic E-state index is 10.8. The summed E-state index contributed by atoms with van der Waals surface area (Å²) in [5, 5.41) is 0.428. The highest BCUT2D eigenvalue weighted by Gasteiger charge is 2.35. The van der Waals surface area contributed by atoms with Crippen LogP contribution >= 0.6 is 0 Å². The minimum Gasteiger partial charge on any atom is -0.399 e. The Morgan fingerprint density at radius 1 is 1.07 bits per heavy atom. The first-order valence-corrected chi connectivity index (χ1v) is 6.17. The maximum absolute atomic E-state index is 10.8. The molecule has 0 aliphatic rings. The molecule has 0 aromatic heterocycles. The van der Waals surface area contributed by atoms with Crippen molar-refractivity contribution in [1.82, 2.24) is 0 Å². The summed E-state index contributed by atoms with van der Waals surface area (Å²) < 4.78 is 0. The van der Waals surface area contributed by atoms with Crippen LogP contribution in [0.4, 0.5) is 5.69 Å². The van der Waals surface area contributed by atoms with E-state index in [1.807, 2.05) is 0 Å². The molecule has 1 aromatic carbocycles. The SMILES string of the molecule is Nc1cccc([Si](C=O)(C=O)C=O)c1. The Kier molecular flexibility index (Phi) is 2.93. The Bertz CT molecular complexity index is 356. The molecule has 0 amide bonds. The van der Waals surface area contributed by atoms with Crippen molar-refractivity contribution < 1.29 is 14.4 Å². The van der Waals surface area contributed by atoms with E-state index in [0.717, 1.165) is 0 Å². The number of nitrogens with two attached hydrogens (primary N) is 1. The number of carbonyl (C=O) groups excluding carboxylic acids is 3. The molecule has 0 aliphatic heterocycles. The Hall–Kier alpha value is -1.75. The molecule has 0 radical (unpaired) electrons. The molecule has 72 valence electrons. The van der Waals surface area contributed by atoms with Gasteiger partial charge >= 0.3 is 0 Å². The zero-order valence-corrected chi connectivity index (χ0v) is 8.34. The smallest absolute Gasteiger partial charge is 0.296 e. The van der Waals surface area contributed by atoms with Gasteiger partial charge in [0.25, 0.3) is 8.07 Å². The molecule has 14 heavy (non-hydrogen) atoms. The summed E-state index contributed by atoms with van der Waals surface area (Å²) in [6.45, 7) is 0. The second-order valence-electron chi connectivity index (χ2n) is 2.91. The van der Waals surface area contributed by atoms with Crippen LogP contribution in [0.15, 0.2) is 24.3 Å². The largest absolute Gasteiger partial charge is 0.399 e. The van der Waals surface area contributed by atoms with Gasteiger partial charge in [0, 0.05) is 5.69 Å². The highest BCUT2D eigenvalue weighted by atomic mass is 28.3. The molecule has 0 saturated carbocycles. The van der Waals surface area contributed by atoms with E-state index >= 15 is 0 Å². The molecular weight excluding hydrogens is 198 g/mol. The second kappa shape index (κ2) is 3.97. The van der Waals surface area contributed by atoms with Crippen molar-refractivity contribution in [2.45, 2.75) is 0 Å². The fraction of sp³-hybridized carbons (Fsp3) is 0. The van der Waals surface area contributed by atoms with Crippen molar-refractivity contribution in [2.75, 3.05) is 5.73 Å². The molecular formula is C9H9NO3Si. The third kappa shape index (κ3) is 1.62. The van der Waals surface area contributed by atoms with Crippen LogP contribution in [0.3, 0.4) is 0 Å². The number of hydrogen-bond donors (Lipinski definition) is 1. The summed E-state index contributed by atoms with van der Waals surface area (Å²) in [6.07, 6.45) is 0. The van der Waals surface area contributed by atoms with Crippen LogP contribution in [0.1, 0.15) is 0 Å². The van der Waals surface area contributed by atoms with Crippen LogP contribution < -0.4 is 10.9 Å². The number of hydrogen-bond acceptors (Lipinski definition) is 4. The summed E-state index contributed by atoms with van der Waals surface area (Å²) in [6, 6.07) is 6.30. The van der Waals surface area contributed by atoms with Crippen molar-refractivity contribution in [3.8, 4) is 0 Å². The van der Waals surface area contributed by atoms with Gasteiger partial charge in [-0.3, -0.25) is 0 Å². The lowest BCUT2D eigenvalue weighted by Crippen LogP contribution is -2.54. The lowest BCUT2D eigenvalue weighted by Gasteiger charge is -2.11. The number of carbonyl (C=O) groups is 3. The Morgan fingerprint density at radius 2 is 1.64 bits per heavy atom. The van der Waals surface area contributed by atoms with E-state index in [1.165, 1.54) is 6.07 Å². The van der Waals surface area contributed by atoms with Gasteiger partial charge in [0.15, 0.2) is 0 Å². The number of nitrogen functional groups attached to an aromatic ring is 1. The molecule has 4 nitrogen and oxygen atoms in total. The van der Waals surface area contributed by atoms with Crippen LogP contribution in [-0.4, -0.2) is 25.8 Å². The summed E-state index contributed by atoms with van der Waals surface area (Å²) in [4.78, 5) is 32.3. The molecule has 2 N–H and O–H groups in total. The monoisotopic (exact) mass is 207 g/mol. The minimum absolute atomic E-state index is 0.428. The van der Waals surface area contributed by atoms with E-state index in [2.05, 4.69) is 0 Å². The minimum atomic E-state index is -3.25. The first kappa shape index (κ1) is 10.3. The molecule has 5 heteroatoms. The van der Waals surface area contributed by atoms with E-state index in [1.54, 1.807) is 18.2 Å². The van der Waals surface area contributed by atoms with Crippen LogP contribution in [-0.2, 0) is 14.4 Å².